The average Bonchev–Trinajstić information content (AvgIpc) is 2.26. The quantitative estimate of drug-likeness (QED) is 0.522. The van der Waals surface area contributed by atoms with Crippen LogP contribution < -0.4 is 0 Å². The summed E-state index contributed by atoms with van der Waals surface area (Å²) in [4.78, 5) is 2.34. The van der Waals surface area contributed by atoms with E-state index in [1.807, 2.05) is 13.8 Å². The summed E-state index contributed by atoms with van der Waals surface area (Å²) in [6, 6.07) is 0. The molecule has 17 heavy (non-hydrogen) atoms. The summed E-state index contributed by atoms with van der Waals surface area (Å²) in [6.07, 6.45) is -0.124. The maximum atomic E-state index is 5.57. The molecule has 0 bridgehead atoms. The zero-order chi connectivity index (χ0) is 13.1. The van der Waals surface area contributed by atoms with E-state index in [2.05, 4.69) is 18.7 Å². The van der Waals surface area contributed by atoms with Gasteiger partial charge in [0.2, 0.25) is 0 Å². The number of ether oxygens (including phenoxy) is 3. The smallest absolute Gasteiger partial charge is 0.170 e. The topological polar surface area (TPSA) is 30.9 Å². The van der Waals surface area contributed by atoms with Crippen LogP contribution in [0.2, 0.25) is 0 Å². The first-order chi connectivity index (χ1) is 8.13. The molecule has 0 aliphatic rings. The predicted molar refractivity (Wildman–Crippen MR) is 70.2 cm³/mol. The number of hydrogen-bond acceptors (Lipinski definition) is 4. The first-order valence-corrected chi connectivity index (χ1v) is 6.58. The number of hydrogen-bond donors (Lipinski definition) is 0. The molecule has 0 aromatic rings. The molecule has 0 heterocycles. The normalized spacial score (nSPS) is 12.0. The van der Waals surface area contributed by atoms with Gasteiger partial charge in [0, 0.05) is 40.0 Å². The average molecular weight is 247 g/mol. The van der Waals surface area contributed by atoms with Gasteiger partial charge in [0.15, 0.2) is 6.29 Å². The molecule has 4 nitrogen and oxygen atoms in total. The van der Waals surface area contributed by atoms with Crippen LogP contribution in [0.15, 0.2) is 0 Å². The second-order valence-electron chi connectivity index (χ2n) is 4.49. The second-order valence-corrected chi connectivity index (χ2v) is 4.49. The highest BCUT2D eigenvalue weighted by molar-refractivity contribution is 4.62. The number of rotatable bonds is 11. The van der Waals surface area contributed by atoms with Gasteiger partial charge in [-0.15, -0.1) is 0 Å². The van der Waals surface area contributed by atoms with Gasteiger partial charge in [-0.1, -0.05) is 13.8 Å². The molecular formula is C13H29NO3. The fourth-order valence-corrected chi connectivity index (χ4v) is 1.73. The second kappa shape index (κ2) is 11.0. The van der Waals surface area contributed by atoms with Crippen LogP contribution in [-0.4, -0.2) is 57.8 Å². The lowest BCUT2D eigenvalue weighted by Crippen LogP contribution is -2.39. The first-order valence-electron chi connectivity index (χ1n) is 6.58. The van der Waals surface area contributed by atoms with E-state index in [9.17, 15) is 0 Å². The van der Waals surface area contributed by atoms with E-state index in [4.69, 9.17) is 14.2 Å². The molecule has 0 amide bonds. The Morgan fingerprint density at radius 1 is 1.00 bits per heavy atom. The fraction of sp³-hybridized carbons (Fsp3) is 1.00. The molecule has 0 atom stereocenters. The Hall–Kier alpha value is -0.160. The lowest BCUT2D eigenvalue weighted by atomic mass is 10.2. The summed E-state index contributed by atoms with van der Waals surface area (Å²) in [5, 5.41) is 0. The molecule has 0 N–H and O–H groups in total. The Morgan fingerprint density at radius 2 is 1.59 bits per heavy atom. The van der Waals surface area contributed by atoms with Crippen LogP contribution in [0.3, 0.4) is 0 Å². The van der Waals surface area contributed by atoms with Crippen molar-refractivity contribution in [2.24, 2.45) is 5.92 Å². The number of methoxy groups -OCH3 is 1. The first kappa shape index (κ1) is 16.8. The van der Waals surface area contributed by atoms with E-state index >= 15 is 0 Å². The maximum Gasteiger partial charge on any atom is 0.170 e. The minimum Gasteiger partial charge on any atom is -0.383 e. The van der Waals surface area contributed by atoms with Gasteiger partial charge in [-0.25, -0.2) is 0 Å². The van der Waals surface area contributed by atoms with Crippen molar-refractivity contribution in [2.45, 2.75) is 34.0 Å². The Kier molecular flexibility index (Phi) is 10.9. The van der Waals surface area contributed by atoms with Crippen molar-refractivity contribution < 1.29 is 14.2 Å². The van der Waals surface area contributed by atoms with Crippen molar-refractivity contribution in [1.82, 2.24) is 4.90 Å². The van der Waals surface area contributed by atoms with Crippen LogP contribution in [0, 0.1) is 5.92 Å². The van der Waals surface area contributed by atoms with Crippen LogP contribution in [-0.2, 0) is 14.2 Å². The minimum absolute atomic E-state index is 0.124. The lowest BCUT2D eigenvalue weighted by Gasteiger charge is -2.28. The molecule has 0 saturated heterocycles. The zero-order valence-electron chi connectivity index (χ0n) is 12.1. The predicted octanol–water partition coefficient (Wildman–Crippen LogP) is 1.99. The minimum atomic E-state index is -0.124. The number of nitrogens with zero attached hydrogens (tertiary/aromatic N) is 1. The summed E-state index contributed by atoms with van der Waals surface area (Å²) in [5.74, 6) is 0.635. The third kappa shape index (κ3) is 9.53. The van der Waals surface area contributed by atoms with Gasteiger partial charge in [-0.3, -0.25) is 4.90 Å². The van der Waals surface area contributed by atoms with Crippen LogP contribution in [0.5, 0.6) is 0 Å². The van der Waals surface area contributed by atoms with Gasteiger partial charge >= 0.3 is 0 Å². The highest BCUT2D eigenvalue weighted by Gasteiger charge is 2.15. The lowest BCUT2D eigenvalue weighted by molar-refractivity contribution is -0.148. The Balaban J connectivity index is 4.14. The molecule has 4 heteroatoms. The van der Waals surface area contributed by atoms with Gasteiger partial charge in [-0.2, -0.15) is 0 Å². The van der Waals surface area contributed by atoms with E-state index < -0.39 is 0 Å². The molecule has 104 valence electrons. The summed E-state index contributed by atoms with van der Waals surface area (Å²) in [5.41, 5.74) is 0. The third-order valence-corrected chi connectivity index (χ3v) is 2.35. The summed E-state index contributed by atoms with van der Waals surface area (Å²) in [6.45, 7) is 13.3. The van der Waals surface area contributed by atoms with Crippen molar-refractivity contribution in [3.8, 4) is 0 Å². The maximum absolute atomic E-state index is 5.57. The molecule has 0 aliphatic carbocycles. The van der Waals surface area contributed by atoms with Crippen LogP contribution in [0.1, 0.15) is 27.7 Å². The Labute approximate surface area is 106 Å². The molecule has 0 aliphatic heterocycles. The summed E-state index contributed by atoms with van der Waals surface area (Å²) < 4.78 is 16.3. The standard InChI is InChI=1S/C13H29NO3/c1-6-16-13(17-7-2)11-14(8-9-15-5)10-12(3)4/h12-13H,6-11H2,1-5H3. The van der Waals surface area contributed by atoms with Crippen LogP contribution >= 0.6 is 0 Å². The molecule has 0 spiro atoms. The van der Waals surface area contributed by atoms with Crippen LogP contribution in [0.4, 0.5) is 0 Å². The van der Waals surface area contributed by atoms with Crippen molar-refractivity contribution in [3.63, 3.8) is 0 Å². The van der Waals surface area contributed by atoms with E-state index in [0.717, 1.165) is 26.2 Å². The Morgan fingerprint density at radius 3 is 2.00 bits per heavy atom. The monoisotopic (exact) mass is 247 g/mol. The largest absolute Gasteiger partial charge is 0.383 e. The molecule has 0 unspecified atom stereocenters. The van der Waals surface area contributed by atoms with Gasteiger partial charge in [-0.05, 0) is 19.8 Å². The third-order valence-electron chi connectivity index (χ3n) is 2.35. The van der Waals surface area contributed by atoms with Gasteiger partial charge in [0.05, 0.1) is 6.61 Å². The van der Waals surface area contributed by atoms with Gasteiger partial charge in [0.1, 0.15) is 0 Å². The van der Waals surface area contributed by atoms with E-state index in [-0.39, 0.29) is 6.29 Å². The van der Waals surface area contributed by atoms with Gasteiger partial charge < -0.3 is 14.2 Å². The van der Waals surface area contributed by atoms with Crippen molar-refractivity contribution in [1.29, 1.82) is 0 Å². The van der Waals surface area contributed by atoms with Crippen molar-refractivity contribution >= 4 is 0 Å². The SMILES string of the molecule is CCOC(CN(CCOC)CC(C)C)OCC. The van der Waals surface area contributed by atoms with E-state index in [0.29, 0.717) is 19.1 Å². The Bertz CT molecular complexity index is 159. The van der Waals surface area contributed by atoms with Crippen molar-refractivity contribution in [2.75, 3.05) is 46.6 Å². The molecule has 0 rings (SSSR count). The summed E-state index contributed by atoms with van der Waals surface area (Å²) in [7, 11) is 1.73. The molecule has 0 aromatic carbocycles. The molecule has 0 aromatic heterocycles. The highest BCUT2D eigenvalue weighted by Crippen LogP contribution is 2.04. The van der Waals surface area contributed by atoms with Crippen molar-refractivity contribution in [3.05, 3.63) is 0 Å². The molecular weight excluding hydrogens is 218 g/mol. The highest BCUT2D eigenvalue weighted by atomic mass is 16.7. The molecule has 0 saturated carbocycles. The van der Waals surface area contributed by atoms with Gasteiger partial charge in [0.25, 0.3) is 0 Å². The fourth-order valence-electron chi connectivity index (χ4n) is 1.73. The molecule has 0 radical (unpaired) electrons. The zero-order valence-corrected chi connectivity index (χ0v) is 12.1. The van der Waals surface area contributed by atoms with Crippen LogP contribution in [0.25, 0.3) is 0 Å². The van der Waals surface area contributed by atoms with E-state index in [1.54, 1.807) is 7.11 Å². The molecule has 0 fully saturated rings. The summed E-state index contributed by atoms with van der Waals surface area (Å²) >= 11 is 0. The van der Waals surface area contributed by atoms with E-state index in [1.165, 1.54) is 0 Å².